The second-order valence-corrected chi connectivity index (χ2v) is 5.59. The number of carbonyl (C=O) groups is 2. The third-order valence-electron chi connectivity index (χ3n) is 3.73. The van der Waals surface area contributed by atoms with E-state index in [-0.39, 0.29) is 24.4 Å². The minimum Gasteiger partial charge on any atom is -0.450 e. The van der Waals surface area contributed by atoms with Crippen molar-refractivity contribution in [1.29, 1.82) is 5.41 Å². The highest BCUT2D eigenvalue weighted by Crippen LogP contribution is 2.21. The Morgan fingerprint density at radius 3 is 2.52 bits per heavy atom. The summed E-state index contributed by atoms with van der Waals surface area (Å²) in [7, 11) is 0. The maximum atomic E-state index is 11.8. The third kappa shape index (κ3) is 3.95. The van der Waals surface area contributed by atoms with Crippen molar-refractivity contribution >= 4 is 34.9 Å². The fraction of sp³-hybridized carbons (Fsp3) is 0.158. The molecular weight excluding hydrogens is 348 g/mol. The number of amides is 1. The summed E-state index contributed by atoms with van der Waals surface area (Å²) in [5.41, 5.74) is 1.73. The molecule has 1 heterocycles. The van der Waals surface area contributed by atoms with Gasteiger partial charge in [-0.25, -0.2) is 14.3 Å². The summed E-state index contributed by atoms with van der Waals surface area (Å²) >= 11 is 0. The fourth-order valence-corrected chi connectivity index (χ4v) is 2.49. The molecule has 2 aromatic carbocycles. The quantitative estimate of drug-likeness (QED) is 0.416. The van der Waals surface area contributed by atoms with Gasteiger partial charge in [-0.05, 0) is 50.2 Å². The second kappa shape index (κ2) is 7.69. The molecule has 0 spiro atoms. The summed E-state index contributed by atoms with van der Waals surface area (Å²) in [4.78, 5) is 27.5. The van der Waals surface area contributed by atoms with Gasteiger partial charge in [0, 0.05) is 5.56 Å². The lowest BCUT2D eigenvalue weighted by molar-refractivity contribution is 0.101. The van der Waals surface area contributed by atoms with Gasteiger partial charge in [-0.3, -0.25) is 15.5 Å². The summed E-state index contributed by atoms with van der Waals surface area (Å²) in [6.45, 7) is 3.38. The van der Waals surface area contributed by atoms with Crippen LogP contribution in [-0.2, 0) is 4.74 Å². The lowest BCUT2D eigenvalue weighted by Gasteiger charge is -2.12. The Labute approximate surface area is 155 Å². The highest BCUT2D eigenvalue weighted by atomic mass is 16.5. The zero-order chi connectivity index (χ0) is 19.4. The molecule has 0 unspecified atom stereocenters. The van der Waals surface area contributed by atoms with Crippen LogP contribution in [0.4, 0.5) is 10.7 Å². The highest BCUT2D eigenvalue weighted by Gasteiger charge is 2.18. The molecule has 8 heteroatoms. The van der Waals surface area contributed by atoms with Crippen LogP contribution in [0.25, 0.3) is 11.0 Å². The molecule has 0 radical (unpaired) electrons. The molecule has 0 aliphatic carbocycles. The van der Waals surface area contributed by atoms with Crippen LogP contribution in [-0.4, -0.2) is 34.1 Å². The fourth-order valence-electron chi connectivity index (χ4n) is 2.49. The van der Waals surface area contributed by atoms with Crippen LogP contribution in [0.15, 0.2) is 48.5 Å². The molecule has 27 heavy (non-hydrogen) atoms. The number of aromatic nitrogens is 2. The Morgan fingerprint density at radius 1 is 1.15 bits per heavy atom. The summed E-state index contributed by atoms with van der Waals surface area (Å²) < 4.78 is 11.8. The van der Waals surface area contributed by atoms with Crippen molar-refractivity contribution in [2.75, 3.05) is 11.9 Å². The number of benzene rings is 2. The van der Waals surface area contributed by atoms with Crippen LogP contribution in [0, 0.1) is 5.41 Å². The largest absolute Gasteiger partial charge is 0.450 e. The molecule has 2 N–H and O–H groups in total. The van der Waals surface area contributed by atoms with Crippen molar-refractivity contribution in [3.63, 3.8) is 0 Å². The first kappa shape index (κ1) is 18.1. The maximum absolute atomic E-state index is 11.8. The topological polar surface area (TPSA) is 106 Å². The predicted molar refractivity (Wildman–Crippen MR) is 101 cm³/mol. The number of ether oxygens (including phenoxy) is 2. The van der Waals surface area contributed by atoms with E-state index in [9.17, 15) is 9.59 Å². The van der Waals surface area contributed by atoms with Crippen molar-refractivity contribution in [2.45, 2.75) is 13.8 Å². The maximum Gasteiger partial charge on any atom is 0.413 e. The van der Waals surface area contributed by atoms with Crippen LogP contribution >= 0.6 is 0 Å². The Balaban J connectivity index is 1.92. The van der Waals surface area contributed by atoms with Gasteiger partial charge >= 0.3 is 12.1 Å². The summed E-state index contributed by atoms with van der Waals surface area (Å²) in [5.74, 6) is 0.433. The highest BCUT2D eigenvalue weighted by molar-refractivity contribution is 5.96. The van der Waals surface area contributed by atoms with Crippen molar-refractivity contribution < 1.29 is 19.1 Å². The molecule has 0 bridgehead atoms. The second-order valence-electron chi connectivity index (χ2n) is 5.59. The molecular formula is C19H18N4O4. The standard InChI is InChI=1S/C19H18N4O4/c1-3-26-19(25)22-18-21-15-6-4-5-7-16(15)23(18)17(20)27-14-10-8-13(9-11-14)12(2)24/h4-11,20H,3H2,1-2H3,(H,21,22,25). The molecule has 3 aromatic rings. The first-order valence-corrected chi connectivity index (χ1v) is 8.28. The van der Waals surface area contributed by atoms with Crippen LogP contribution in [0.2, 0.25) is 0 Å². The van der Waals surface area contributed by atoms with Crippen LogP contribution in [0.5, 0.6) is 5.75 Å². The van der Waals surface area contributed by atoms with Gasteiger partial charge in [-0.1, -0.05) is 12.1 Å². The molecule has 1 amide bonds. The van der Waals surface area contributed by atoms with E-state index in [0.717, 1.165) is 0 Å². The van der Waals surface area contributed by atoms with E-state index in [1.807, 2.05) is 0 Å². The minimum absolute atomic E-state index is 0.0573. The minimum atomic E-state index is -0.673. The summed E-state index contributed by atoms with van der Waals surface area (Å²) in [5, 5.41) is 10.8. The number of hydrogen-bond donors (Lipinski definition) is 2. The predicted octanol–water partition coefficient (Wildman–Crippen LogP) is 3.67. The molecule has 0 saturated heterocycles. The Morgan fingerprint density at radius 2 is 1.85 bits per heavy atom. The van der Waals surface area contributed by atoms with Gasteiger partial charge in [0.2, 0.25) is 5.95 Å². The van der Waals surface area contributed by atoms with Gasteiger partial charge in [0.05, 0.1) is 17.6 Å². The third-order valence-corrected chi connectivity index (χ3v) is 3.73. The first-order valence-electron chi connectivity index (χ1n) is 8.28. The smallest absolute Gasteiger partial charge is 0.413 e. The molecule has 3 rings (SSSR count). The van der Waals surface area contributed by atoms with Gasteiger partial charge in [0.15, 0.2) is 5.78 Å². The van der Waals surface area contributed by atoms with E-state index in [0.29, 0.717) is 22.3 Å². The molecule has 0 atom stereocenters. The SMILES string of the molecule is CCOC(=O)Nc1nc2ccccc2n1C(=N)Oc1ccc(C(C)=O)cc1. The average Bonchev–Trinajstić information content (AvgIpc) is 3.00. The van der Waals surface area contributed by atoms with Crippen molar-refractivity contribution in [2.24, 2.45) is 0 Å². The van der Waals surface area contributed by atoms with Crippen molar-refractivity contribution in [3.8, 4) is 5.75 Å². The molecule has 138 valence electrons. The molecule has 0 aliphatic heterocycles. The molecule has 8 nitrogen and oxygen atoms in total. The Bertz CT molecular complexity index is 1010. The number of nitrogens with one attached hydrogen (secondary N) is 2. The van der Waals surface area contributed by atoms with Crippen LogP contribution in [0.3, 0.4) is 0 Å². The van der Waals surface area contributed by atoms with Gasteiger partial charge in [-0.15, -0.1) is 0 Å². The first-order chi connectivity index (χ1) is 13.0. The van der Waals surface area contributed by atoms with Gasteiger partial charge in [0.25, 0.3) is 0 Å². The number of rotatable bonds is 4. The van der Waals surface area contributed by atoms with E-state index in [1.54, 1.807) is 55.5 Å². The number of hydrogen-bond acceptors (Lipinski definition) is 6. The van der Waals surface area contributed by atoms with E-state index in [1.165, 1.54) is 11.5 Å². The zero-order valence-electron chi connectivity index (χ0n) is 14.9. The molecule has 1 aromatic heterocycles. The van der Waals surface area contributed by atoms with Gasteiger partial charge in [-0.2, -0.15) is 0 Å². The van der Waals surface area contributed by atoms with E-state index in [4.69, 9.17) is 14.9 Å². The lowest BCUT2D eigenvalue weighted by atomic mass is 10.1. The number of fused-ring (bicyclic) bond motifs is 1. The number of imidazole rings is 1. The lowest BCUT2D eigenvalue weighted by Crippen LogP contribution is -2.23. The molecule has 0 fully saturated rings. The Kier molecular flexibility index (Phi) is 5.16. The zero-order valence-corrected chi connectivity index (χ0v) is 14.9. The van der Waals surface area contributed by atoms with E-state index >= 15 is 0 Å². The van der Waals surface area contributed by atoms with Crippen molar-refractivity contribution in [1.82, 2.24) is 9.55 Å². The number of nitrogens with zero attached hydrogens (tertiary/aromatic N) is 2. The van der Waals surface area contributed by atoms with Crippen LogP contribution < -0.4 is 10.1 Å². The van der Waals surface area contributed by atoms with Gasteiger partial charge in [0.1, 0.15) is 5.75 Å². The number of carbonyl (C=O) groups excluding carboxylic acids is 2. The normalized spacial score (nSPS) is 10.4. The number of ketones is 1. The summed E-state index contributed by atoms with van der Waals surface area (Å²) in [6, 6.07) is 13.3. The summed E-state index contributed by atoms with van der Waals surface area (Å²) in [6.07, 6.45) is -0.673. The monoisotopic (exact) mass is 366 g/mol. The number of Topliss-reactive ketones (excluding diaryl/α,β-unsaturated/α-hetero) is 1. The van der Waals surface area contributed by atoms with E-state index < -0.39 is 6.09 Å². The number of para-hydroxylation sites is 2. The van der Waals surface area contributed by atoms with E-state index in [2.05, 4.69) is 10.3 Å². The van der Waals surface area contributed by atoms with Gasteiger partial charge < -0.3 is 9.47 Å². The van der Waals surface area contributed by atoms with Crippen molar-refractivity contribution in [3.05, 3.63) is 54.1 Å². The Hall–Kier alpha value is -3.68. The number of anilines is 1. The molecule has 0 aliphatic rings. The van der Waals surface area contributed by atoms with Crippen LogP contribution in [0.1, 0.15) is 24.2 Å². The average molecular weight is 366 g/mol. The molecule has 0 saturated carbocycles.